The fourth-order valence-electron chi connectivity index (χ4n) is 6.32. The summed E-state index contributed by atoms with van der Waals surface area (Å²) in [5, 5.41) is 8.66. The minimum Gasteiger partial charge on any atom is -0.456 e. The third kappa shape index (κ3) is 7.64. The van der Waals surface area contributed by atoms with Gasteiger partial charge in [0.1, 0.15) is 30.2 Å². The van der Waals surface area contributed by atoms with Gasteiger partial charge in [0.2, 0.25) is 17.7 Å². The van der Waals surface area contributed by atoms with Crippen molar-refractivity contribution in [1.29, 1.82) is 0 Å². The van der Waals surface area contributed by atoms with Crippen LogP contribution < -0.4 is 32.2 Å². The average Bonchev–Trinajstić information content (AvgIpc) is 3.44. The highest BCUT2D eigenvalue weighted by Crippen LogP contribution is 2.56. The molecule has 2 aliphatic rings. The zero-order valence-corrected chi connectivity index (χ0v) is 28.0. The molecule has 0 radical (unpaired) electrons. The van der Waals surface area contributed by atoms with E-state index in [1.807, 2.05) is 57.2 Å². The van der Waals surface area contributed by atoms with E-state index in [0.29, 0.717) is 61.9 Å². The molecule has 48 heavy (non-hydrogen) atoms. The second-order valence-electron chi connectivity index (χ2n) is 12.8. The van der Waals surface area contributed by atoms with Gasteiger partial charge in [-0.3, -0.25) is 14.4 Å². The lowest BCUT2D eigenvalue weighted by Gasteiger charge is -2.37. The van der Waals surface area contributed by atoms with Gasteiger partial charge in [-0.15, -0.1) is 0 Å². The zero-order valence-electron chi connectivity index (χ0n) is 28.0. The molecule has 0 bridgehead atoms. The van der Waals surface area contributed by atoms with Crippen LogP contribution in [-0.4, -0.2) is 49.6 Å². The molecule has 0 saturated carbocycles. The lowest BCUT2D eigenvalue weighted by Crippen LogP contribution is -2.53. The molecular weight excluding hydrogens is 610 g/mol. The van der Waals surface area contributed by atoms with Crippen molar-refractivity contribution >= 4 is 29.1 Å². The van der Waals surface area contributed by atoms with E-state index in [2.05, 4.69) is 28.1 Å². The van der Waals surface area contributed by atoms with Crippen LogP contribution in [0.25, 0.3) is 0 Å². The van der Waals surface area contributed by atoms with E-state index < -0.39 is 29.5 Å². The van der Waals surface area contributed by atoms with Crippen LogP contribution in [0.4, 0.5) is 11.4 Å². The number of rotatable bonds is 15. The molecule has 1 unspecified atom stereocenters. The van der Waals surface area contributed by atoms with E-state index in [0.717, 1.165) is 35.1 Å². The standard InChI is InChI=1S/C37H47N5O6/c1-4-5-11-30(42-36(45)31(18-23(2)3)41-34(43)22-46-17-8-16-38)35(44)40-26-13-15-29-33(20-26)48-32-19-25(39)12-14-28(32)37(29)27-10-7-6-9-24(27)21-47-37/h6-7,9-10,12-15,19-20,23,30-31H,4-5,8,11,16-18,21-22,38-39H2,1-3H3,(H,40,44)(H,41,43)(H,42,45)/t30-,31-,37?/m0/s1. The summed E-state index contributed by atoms with van der Waals surface area (Å²) in [7, 11) is 0. The molecule has 11 nitrogen and oxygen atoms in total. The van der Waals surface area contributed by atoms with Crippen molar-refractivity contribution in [2.45, 2.75) is 77.2 Å². The van der Waals surface area contributed by atoms with Gasteiger partial charge in [-0.05, 0) is 67.1 Å². The predicted molar refractivity (Wildman–Crippen MR) is 184 cm³/mol. The van der Waals surface area contributed by atoms with Crippen LogP contribution >= 0.6 is 0 Å². The van der Waals surface area contributed by atoms with Crippen LogP contribution in [0.15, 0.2) is 60.7 Å². The predicted octanol–water partition coefficient (Wildman–Crippen LogP) is 4.71. The molecule has 0 aliphatic carbocycles. The molecule has 3 atom stereocenters. The first kappa shape index (κ1) is 34.9. The highest BCUT2D eigenvalue weighted by Gasteiger charge is 2.49. The van der Waals surface area contributed by atoms with Crippen LogP contribution in [0.2, 0.25) is 0 Å². The number of unbranched alkanes of at least 4 members (excludes halogenated alkanes) is 1. The van der Waals surface area contributed by atoms with Crippen LogP contribution in [-0.2, 0) is 36.1 Å². The maximum Gasteiger partial charge on any atom is 0.246 e. The lowest BCUT2D eigenvalue weighted by atomic mass is 9.77. The Morgan fingerprint density at radius 2 is 1.67 bits per heavy atom. The first-order valence-electron chi connectivity index (χ1n) is 16.8. The fraction of sp³-hybridized carbons (Fsp3) is 0.432. The summed E-state index contributed by atoms with van der Waals surface area (Å²) in [5.74, 6) is 0.0545. The third-order valence-corrected chi connectivity index (χ3v) is 8.64. The van der Waals surface area contributed by atoms with Crippen molar-refractivity contribution in [3.8, 4) is 11.5 Å². The van der Waals surface area contributed by atoms with Crippen molar-refractivity contribution in [3.63, 3.8) is 0 Å². The molecule has 3 aromatic carbocycles. The van der Waals surface area contributed by atoms with E-state index in [1.165, 1.54) is 0 Å². The molecule has 7 N–H and O–H groups in total. The van der Waals surface area contributed by atoms with Gasteiger partial charge in [-0.1, -0.05) is 57.9 Å². The number of nitrogen functional groups attached to an aromatic ring is 1. The molecule has 256 valence electrons. The number of hydrogen-bond acceptors (Lipinski definition) is 8. The molecule has 0 fully saturated rings. The molecule has 1 spiro atoms. The van der Waals surface area contributed by atoms with Gasteiger partial charge >= 0.3 is 0 Å². The van der Waals surface area contributed by atoms with Crippen LogP contribution in [0.1, 0.15) is 75.1 Å². The maximum absolute atomic E-state index is 13.7. The highest BCUT2D eigenvalue weighted by atomic mass is 16.5. The third-order valence-electron chi connectivity index (χ3n) is 8.64. The van der Waals surface area contributed by atoms with E-state index >= 15 is 0 Å². The zero-order chi connectivity index (χ0) is 34.3. The lowest BCUT2D eigenvalue weighted by molar-refractivity contribution is -0.133. The smallest absolute Gasteiger partial charge is 0.246 e. The van der Waals surface area contributed by atoms with Crippen LogP contribution in [0.3, 0.4) is 0 Å². The summed E-state index contributed by atoms with van der Waals surface area (Å²) in [6.07, 6.45) is 3.03. The van der Waals surface area contributed by atoms with Crippen molar-refractivity contribution in [2.75, 3.05) is 30.8 Å². The fourth-order valence-corrected chi connectivity index (χ4v) is 6.32. The Labute approximate surface area is 282 Å². The molecule has 2 heterocycles. The Morgan fingerprint density at radius 3 is 2.42 bits per heavy atom. The van der Waals surface area contributed by atoms with Crippen LogP contribution in [0, 0.1) is 5.92 Å². The molecule has 2 aliphatic heterocycles. The Hall–Kier alpha value is -4.45. The Kier molecular flexibility index (Phi) is 11.4. The van der Waals surface area contributed by atoms with Gasteiger partial charge in [0, 0.05) is 41.2 Å². The van der Waals surface area contributed by atoms with E-state index in [4.69, 9.17) is 25.7 Å². The minimum atomic E-state index is -0.890. The normalized spacial score (nSPS) is 17.1. The van der Waals surface area contributed by atoms with E-state index in [1.54, 1.807) is 12.1 Å². The molecule has 0 aromatic heterocycles. The van der Waals surface area contributed by atoms with Crippen LogP contribution in [0.5, 0.6) is 11.5 Å². The summed E-state index contributed by atoms with van der Waals surface area (Å²) in [4.78, 5) is 39.8. The molecule has 3 amide bonds. The van der Waals surface area contributed by atoms with Crippen molar-refractivity contribution in [2.24, 2.45) is 11.7 Å². The maximum atomic E-state index is 13.7. The number of amides is 3. The Balaban J connectivity index is 1.35. The largest absolute Gasteiger partial charge is 0.456 e. The number of hydrogen-bond donors (Lipinski definition) is 5. The molecular formula is C37H47N5O6. The Morgan fingerprint density at radius 1 is 0.917 bits per heavy atom. The van der Waals surface area contributed by atoms with E-state index in [-0.39, 0.29) is 18.4 Å². The van der Waals surface area contributed by atoms with Gasteiger partial charge < -0.3 is 41.6 Å². The highest BCUT2D eigenvalue weighted by molar-refractivity contribution is 5.98. The second-order valence-corrected chi connectivity index (χ2v) is 12.8. The monoisotopic (exact) mass is 657 g/mol. The number of ether oxygens (including phenoxy) is 3. The minimum absolute atomic E-state index is 0.122. The van der Waals surface area contributed by atoms with Gasteiger partial charge in [0.25, 0.3) is 0 Å². The summed E-state index contributed by atoms with van der Waals surface area (Å²) >= 11 is 0. The summed E-state index contributed by atoms with van der Waals surface area (Å²) in [6.45, 7) is 7.05. The summed E-state index contributed by atoms with van der Waals surface area (Å²) < 4.78 is 18.3. The Bertz CT molecular complexity index is 1630. The van der Waals surface area contributed by atoms with Gasteiger partial charge in [-0.2, -0.15) is 0 Å². The summed E-state index contributed by atoms with van der Waals surface area (Å²) in [6, 6.07) is 17.5. The van der Waals surface area contributed by atoms with Crippen molar-refractivity contribution in [3.05, 3.63) is 82.9 Å². The molecule has 3 aromatic rings. The number of nitrogens with two attached hydrogens (primary N) is 2. The molecule has 5 rings (SSSR count). The SMILES string of the molecule is CCCC[C@H](NC(=O)[C@H](CC(C)C)NC(=O)COCCCN)C(=O)Nc1ccc2c(c1)Oc1cc(N)ccc1C21OCc2ccccc21. The van der Waals surface area contributed by atoms with Crippen molar-refractivity contribution in [1.82, 2.24) is 10.6 Å². The number of nitrogens with one attached hydrogen (secondary N) is 3. The number of fused-ring (bicyclic) bond motifs is 6. The van der Waals surface area contributed by atoms with E-state index in [9.17, 15) is 14.4 Å². The topological polar surface area (TPSA) is 167 Å². The van der Waals surface area contributed by atoms with Gasteiger partial charge in [0.15, 0.2) is 5.60 Å². The number of carbonyl (C=O) groups excluding carboxylic acids is 3. The number of carbonyl (C=O) groups is 3. The number of benzene rings is 3. The molecule has 0 saturated heterocycles. The van der Waals surface area contributed by atoms with Gasteiger partial charge in [-0.25, -0.2) is 0 Å². The quantitative estimate of drug-likeness (QED) is 0.116. The first-order chi connectivity index (χ1) is 23.2. The molecule has 11 heteroatoms. The first-order valence-corrected chi connectivity index (χ1v) is 16.8. The average molecular weight is 658 g/mol. The van der Waals surface area contributed by atoms with Crippen molar-refractivity contribution < 1.29 is 28.6 Å². The summed E-state index contributed by atoms with van der Waals surface area (Å²) in [5.41, 5.74) is 15.6. The number of anilines is 2. The van der Waals surface area contributed by atoms with Gasteiger partial charge in [0.05, 0.1) is 6.61 Å². The second kappa shape index (κ2) is 15.6.